The normalized spacial score (nSPS) is 45.4. The van der Waals surface area contributed by atoms with Crippen molar-refractivity contribution >= 4 is 5.78 Å². The second kappa shape index (κ2) is 7.81. The highest BCUT2D eigenvalue weighted by Crippen LogP contribution is 2.66. The minimum Gasteiger partial charge on any atom is -0.393 e. The van der Waals surface area contributed by atoms with Gasteiger partial charge in [0.05, 0.1) is 6.10 Å². The molecule has 0 aromatic rings. The van der Waals surface area contributed by atoms with E-state index in [0.29, 0.717) is 29.5 Å². The summed E-state index contributed by atoms with van der Waals surface area (Å²) in [6, 6.07) is 0. The van der Waals surface area contributed by atoms with Gasteiger partial charge in [-0.15, -0.1) is 0 Å². The van der Waals surface area contributed by atoms with E-state index in [1.807, 2.05) is 0 Å². The predicted molar refractivity (Wildman–Crippen MR) is 119 cm³/mol. The minimum absolute atomic E-state index is 0.0523. The van der Waals surface area contributed by atoms with Crippen molar-refractivity contribution < 1.29 is 9.90 Å². The summed E-state index contributed by atoms with van der Waals surface area (Å²) in [6.45, 7) is 12.1. The number of carbonyl (C=O) groups is 1. The second-order valence-corrected chi connectivity index (χ2v) is 12.2. The third-order valence-corrected chi connectivity index (χ3v) is 10.1. The predicted octanol–water partition coefficient (Wildman–Crippen LogP) is 6.57. The fraction of sp³-hybridized carbons (Fsp3) is 0.889. The number of aliphatic hydroxyl groups is 1. The summed E-state index contributed by atoms with van der Waals surface area (Å²) in [4.78, 5) is 13.2. The van der Waals surface area contributed by atoms with Gasteiger partial charge in [0.15, 0.2) is 5.78 Å². The standard InChI is InChI=1S/C27H44O2/c1-17(2)7-6-8-18(3)21-9-10-22-20-16-25(29)24-15-19(28)11-13-27(24,5)23(20)12-14-26(21,22)4/h16-19,21-24,28H,6-15H2,1-5H3/t18?,19-,21+,22?,23?,24-,26+,27+/m0/s1. The van der Waals surface area contributed by atoms with E-state index in [-0.39, 0.29) is 17.4 Å². The summed E-state index contributed by atoms with van der Waals surface area (Å²) < 4.78 is 0. The third-order valence-electron chi connectivity index (χ3n) is 10.1. The molecule has 0 heterocycles. The van der Waals surface area contributed by atoms with Gasteiger partial charge < -0.3 is 5.11 Å². The zero-order valence-electron chi connectivity index (χ0n) is 19.5. The molecule has 4 aliphatic rings. The van der Waals surface area contributed by atoms with E-state index in [1.54, 1.807) is 0 Å². The van der Waals surface area contributed by atoms with Gasteiger partial charge in [0.2, 0.25) is 0 Å². The van der Waals surface area contributed by atoms with Crippen LogP contribution in [0.1, 0.15) is 98.8 Å². The van der Waals surface area contributed by atoms with E-state index < -0.39 is 0 Å². The molecule has 4 aliphatic carbocycles. The Morgan fingerprint density at radius 2 is 1.66 bits per heavy atom. The molecule has 3 fully saturated rings. The van der Waals surface area contributed by atoms with E-state index in [1.165, 1.54) is 50.5 Å². The molecule has 1 N–H and O–H groups in total. The lowest BCUT2D eigenvalue weighted by molar-refractivity contribution is -0.132. The zero-order valence-corrected chi connectivity index (χ0v) is 19.5. The number of hydrogen-bond donors (Lipinski definition) is 1. The molecule has 0 radical (unpaired) electrons. The first-order chi connectivity index (χ1) is 13.7. The molecule has 2 heteroatoms. The van der Waals surface area contributed by atoms with Crippen molar-refractivity contribution in [2.45, 2.75) is 105 Å². The largest absolute Gasteiger partial charge is 0.393 e. The number of carbonyl (C=O) groups excluding carboxylic acids is 1. The molecule has 29 heavy (non-hydrogen) atoms. The van der Waals surface area contributed by atoms with Crippen LogP contribution in [0.5, 0.6) is 0 Å². The van der Waals surface area contributed by atoms with E-state index in [2.05, 4.69) is 40.7 Å². The van der Waals surface area contributed by atoms with Crippen molar-refractivity contribution in [3.63, 3.8) is 0 Å². The van der Waals surface area contributed by atoms with Crippen LogP contribution >= 0.6 is 0 Å². The van der Waals surface area contributed by atoms with Crippen LogP contribution in [-0.4, -0.2) is 17.0 Å². The van der Waals surface area contributed by atoms with Gasteiger partial charge >= 0.3 is 0 Å². The van der Waals surface area contributed by atoms with Gasteiger partial charge in [-0.2, -0.15) is 0 Å². The van der Waals surface area contributed by atoms with Crippen molar-refractivity contribution in [2.75, 3.05) is 0 Å². The summed E-state index contributed by atoms with van der Waals surface area (Å²) in [7, 11) is 0. The average molecular weight is 401 g/mol. The first-order valence-corrected chi connectivity index (χ1v) is 12.6. The monoisotopic (exact) mass is 400 g/mol. The fourth-order valence-electron chi connectivity index (χ4n) is 8.37. The first kappa shape index (κ1) is 21.6. The maximum Gasteiger partial charge on any atom is 0.159 e. The fourth-order valence-corrected chi connectivity index (χ4v) is 8.37. The van der Waals surface area contributed by atoms with Crippen molar-refractivity contribution in [1.82, 2.24) is 0 Å². The highest BCUT2D eigenvalue weighted by Gasteiger charge is 2.59. The SMILES string of the molecule is CC(C)CCCC(C)[C@H]1CCC2C3=CC(=O)[C@@H]4C[C@@H](O)CC[C@]4(C)C3CC[C@@]21C. The molecule has 0 saturated heterocycles. The number of ketones is 1. The number of hydrogen-bond acceptors (Lipinski definition) is 2. The van der Waals surface area contributed by atoms with Gasteiger partial charge in [-0.25, -0.2) is 0 Å². The highest BCUT2D eigenvalue weighted by molar-refractivity contribution is 5.94. The van der Waals surface area contributed by atoms with Gasteiger partial charge in [0.25, 0.3) is 0 Å². The molecule has 0 aliphatic heterocycles. The molecule has 0 spiro atoms. The Hall–Kier alpha value is -0.630. The maximum absolute atomic E-state index is 13.2. The van der Waals surface area contributed by atoms with Crippen LogP contribution in [0.15, 0.2) is 11.6 Å². The molecule has 4 rings (SSSR count). The molecule has 0 bridgehead atoms. The van der Waals surface area contributed by atoms with Gasteiger partial charge in [0, 0.05) is 5.92 Å². The molecular weight excluding hydrogens is 356 g/mol. The lowest BCUT2D eigenvalue weighted by Gasteiger charge is -2.57. The van der Waals surface area contributed by atoms with Crippen LogP contribution in [0.25, 0.3) is 0 Å². The van der Waals surface area contributed by atoms with Crippen LogP contribution in [0.4, 0.5) is 0 Å². The smallest absolute Gasteiger partial charge is 0.159 e. The molecule has 164 valence electrons. The van der Waals surface area contributed by atoms with Gasteiger partial charge in [-0.1, -0.05) is 59.5 Å². The topological polar surface area (TPSA) is 37.3 Å². The molecule has 0 amide bonds. The molecule has 3 unspecified atom stereocenters. The summed E-state index contributed by atoms with van der Waals surface area (Å²) in [5.74, 6) is 4.00. The summed E-state index contributed by atoms with van der Waals surface area (Å²) in [6.07, 6.45) is 13.7. The quantitative estimate of drug-likeness (QED) is 0.567. The van der Waals surface area contributed by atoms with Crippen molar-refractivity contribution in [2.24, 2.45) is 46.3 Å². The van der Waals surface area contributed by atoms with Gasteiger partial charge in [-0.3, -0.25) is 4.79 Å². The molecule has 3 saturated carbocycles. The van der Waals surface area contributed by atoms with Gasteiger partial charge in [0.1, 0.15) is 0 Å². The maximum atomic E-state index is 13.2. The van der Waals surface area contributed by atoms with Crippen LogP contribution < -0.4 is 0 Å². The first-order valence-electron chi connectivity index (χ1n) is 12.6. The average Bonchev–Trinajstić information content (AvgIpc) is 3.00. The van der Waals surface area contributed by atoms with Gasteiger partial charge in [-0.05, 0) is 91.4 Å². The van der Waals surface area contributed by atoms with E-state index in [9.17, 15) is 9.90 Å². The molecule has 0 aromatic carbocycles. The lowest BCUT2D eigenvalue weighted by Crippen LogP contribution is -2.52. The number of rotatable bonds is 5. The van der Waals surface area contributed by atoms with Crippen LogP contribution in [-0.2, 0) is 4.79 Å². The lowest BCUT2D eigenvalue weighted by atomic mass is 9.47. The van der Waals surface area contributed by atoms with Crippen LogP contribution in [0.2, 0.25) is 0 Å². The number of fused-ring (bicyclic) bond motifs is 5. The van der Waals surface area contributed by atoms with Crippen LogP contribution in [0.3, 0.4) is 0 Å². The Morgan fingerprint density at radius 1 is 0.966 bits per heavy atom. The molecule has 8 atom stereocenters. The van der Waals surface area contributed by atoms with E-state index >= 15 is 0 Å². The number of aliphatic hydroxyl groups excluding tert-OH is 1. The Balaban J connectivity index is 1.55. The Kier molecular flexibility index (Phi) is 5.82. The van der Waals surface area contributed by atoms with Crippen LogP contribution in [0, 0.1) is 46.3 Å². The second-order valence-electron chi connectivity index (χ2n) is 12.2. The Labute approximate surface area is 178 Å². The Bertz CT molecular complexity index is 663. The van der Waals surface area contributed by atoms with Crippen molar-refractivity contribution in [3.05, 3.63) is 11.6 Å². The van der Waals surface area contributed by atoms with Crippen molar-refractivity contribution in [3.8, 4) is 0 Å². The third kappa shape index (κ3) is 3.56. The van der Waals surface area contributed by atoms with E-state index in [0.717, 1.165) is 30.6 Å². The summed E-state index contributed by atoms with van der Waals surface area (Å²) in [5, 5.41) is 10.2. The van der Waals surface area contributed by atoms with Crippen molar-refractivity contribution in [1.29, 1.82) is 0 Å². The zero-order chi connectivity index (χ0) is 21.0. The number of allylic oxidation sites excluding steroid dienone is 2. The summed E-state index contributed by atoms with van der Waals surface area (Å²) in [5.41, 5.74) is 2.00. The molecule has 2 nitrogen and oxygen atoms in total. The Morgan fingerprint density at radius 3 is 2.38 bits per heavy atom. The minimum atomic E-state index is -0.275. The van der Waals surface area contributed by atoms with E-state index in [4.69, 9.17) is 0 Å². The highest BCUT2D eigenvalue weighted by atomic mass is 16.3. The molecule has 0 aromatic heterocycles. The molecular formula is C27H44O2. The summed E-state index contributed by atoms with van der Waals surface area (Å²) >= 11 is 0.